The molecule has 1 atom stereocenters. The number of thioether (sulfide) groups is 1. The zero-order valence-corrected chi connectivity index (χ0v) is 9.64. The molecule has 0 saturated carbocycles. The summed E-state index contributed by atoms with van der Waals surface area (Å²) in [5.74, 6) is 1.09. The fraction of sp³-hybridized carbons (Fsp3) is 1.00. The first kappa shape index (κ1) is 11.3. The molecule has 4 heteroatoms. The second kappa shape index (κ2) is 5.86. The fourth-order valence-corrected chi connectivity index (χ4v) is 2.14. The average molecular weight is 204 g/mol. The third-order valence-electron chi connectivity index (χ3n) is 2.21. The second-order valence-corrected chi connectivity index (χ2v) is 4.55. The van der Waals surface area contributed by atoms with E-state index in [1.165, 1.54) is 0 Å². The number of hydrogen-bond acceptors (Lipinski definition) is 4. The molecule has 1 aliphatic rings. The molecule has 0 radical (unpaired) electrons. The number of nitrogens with zero attached hydrogens (tertiary/aromatic N) is 2. The minimum atomic E-state index is 0.399. The lowest BCUT2D eigenvalue weighted by molar-refractivity contribution is -0.0304. The summed E-state index contributed by atoms with van der Waals surface area (Å²) in [6, 6.07) is 0. The van der Waals surface area contributed by atoms with E-state index >= 15 is 0 Å². The largest absolute Gasteiger partial charge is 0.374 e. The maximum atomic E-state index is 5.67. The van der Waals surface area contributed by atoms with E-state index < -0.39 is 0 Å². The van der Waals surface area contributed by atoms with Crippen LogP contribution in [0.1, 0.15) is 0 Å². The third-order valence-corrected chi connectivity index (χ3v) is 2.91. The highest BCUT2D eigenvalue weighted by atomic mass is 32.2. The maximum Gasteiger partial charge on any atom is 0.0829 e. The van der Waals surface area contributed by atoms with Gasteiger partial charge in [-0.3, -0.25) is 4.90 Å². The van der Waals surface area contributed by atoms with Crippen LogP contribution in [0.5, 0.6) is 0 Å². The summed E-state index contributed by atoms with van der Waals surface area (Å²) in [5.41, 5.74) is 0. The van der Waals surface area contributed by atoms with Gasteiger partial charge in [0.1, 0.15) is 0 Å². The molecule has 0 aromatic carbocycles. The topological polar surface area (TPSA) is 15.7 Å². The molecule has 78 valence electrons. The molecule has 0 aromatic rings. The Hall–Kier alpha value is 0.230. The highest BCUT2D eigenvalue weighted by Crippen LogP contribution is 2.05. The van der Waals surface area contributed by atoms with Gasteiger partial charge in [-0.1, -0.05) is 0 Å². The molecule has 3 nitrogen and oxygen atoms in total. The lowest BCUT2D eigenvalue weighted by Gasteiger charge is -2.32. The van der Waals surface area contributed by atoms with Crippen molar-refractivity contribution < 1.29 is 4.74 Å². The third kappa shape index (κ3) is 4.31. The molecular formula is C9H20N2OS. The number of morpholine rings is 1. The molecule has 0 bridgehead atoms. The summed E-state index contributed by atoms with van der Waals surface area (Å²) in [6.07, 6.45) is 2.53. The van der Waals surface area contributed by atoms with E-state index in [-0.39, 0.29) is 0 Å². The lowest BCUT2D eigenvalue weighted by atomic mass is 10.3. The van der Waals surface area contributed by atoms with Gasteiger partial charge in [-0.15, -0.1) is 11.8 Å². The van der Waals surface area contributed by atoms with Crippen LogP contribution in [0, 0.1) is 0 Å². The van der Waals surface area contributed by atoms with Gasteiger partial charge in [0.25, 0.3) is 0 Å². The first-order chi connectivity index (χ1) is 6.22. The second-order valence-electron chi connectivity index (χ2n) is 3.71. The standard InChI is InChI=1S/C9H20N2OS/c1-10-4-5-12-9(6-10)7-11(2)8-13-3/h9H,4-8H2,1-3H3. The van der Waals surface area contributed by atoms with Gasteiger partial charge in [-0.25, -0.2) is 0 Å². The van der Waals surface area contributed by atoms with Gasteiger partial charge in [0.15, 0.2) is 0 Å². The molecule has 0 amide bonds. The molecule has 1 fully saturated rings. The summed E-state index contributed by atoms with van der Waals surface area (Å²) in [6.45, 7) is 4.07. The molecule has 1 aliphatic heterocycles. The Morgan fingerprint density at radius 3 is 3.00 bits per heavy atom. The Balaban J connectivity index is 2.19. The van der Waals surface area contributed by atoms with Crippen LogP contribution in [0.2, 0.25) is 0 Å². The minimum Gasteiger partial charge on any atom is -0.374 e. The average Bonchev–Trinajstić information content (AvgIpc) is 2.04. The SMILES string of the molecule is CSCN(C)CC1CN(C)CCO1. The zero-order valence-electron chi connectivity index (χ0n) is 8.82. The highest BCUT2D eigenvalue weighted by molar-refractivity contribution is 7.98. The Morgan fingerprint density at radius 2 is 2.38 bits per heavy atom. The number of likely N-dealkylation sites (N-methyl/N-ethyl adjacent to an activating group) is 2. The highest BCUT2D eigenvalue weighted by Gasteiger charge is 2.18. The van der Waals surface area contributed by atoms with E-state index in [2.05, 4.69) is 30.2 Å². The van der Waals surface area contributed by atoms with Crippen LogP contribution in [0.15, 0.2) is 0 Å². The van der Waals surface area contributed by atoms with E-state index in [4.69, 9.17) is 4.74 Å². The van der Waals surface area contributed by atoms with E-state index in [9.17, 15) is 0 Å². The van der Waals surface area contributed by atoms with E-state index in [1.807, 2.05) is 11.8 Å². The molecular weight excluding hydrogens is 184 g/mol. The summed E-state index contributed by atoms with van der Waals surface area (Å²) in [4.78, 5) is 4.65. The monoisotopic (exact) mass is 204 g/mol. The Labute approximate surface area is 85.4 Å². The lowest BCUT2D eigenvalue weighted by Crippen LogP contribution is -2.45. The van der Waals surface area contributed by atoms with Crippen molar-refractivity contribution in [1.29, 1.82) is 0 Å². The molecule has 0 aliphatic carbocycles. The van der Waals surface area contributed by atoms with Crippen LogP contribution in [0.25, 0.3) is 0 Å². The van der Waals surface area contributed by atoms with Crippen LogP contribution >= 0.6 is 11.8 Å². The molecule has 1 saturated heterocycles. The number of ether oxygens (including phenoxy) is 1. The molecule has 1 rings (SSSR count). The molecule has 0 N–H and O–H groups in total. The van der Waals surface area contributed by atoms with E-state index in [0.29, 0.717) is 6.10 Å². The van der Waals surface area contributed by atoms with Crippen molar-refractivity contribution in [1.82, 2.24) is 9.80 Å². The van der Waals surface area contributed by atoms with Crippen LogP contribution < -0.4 is 0 Å². The van der Waals surface area contributed by atoms with Gasteiger partial charge in [0.05, 0.1) is 12.7 Å². The smallest absolute Gasteiger partial charge is 0.0829 e. The van der Waals surface area contributed by atoms with Crippen molar-refractivity contribution >= 4 is 11.8 Å². The first-order valence-electron chi connectivity index (χ1n) is 4.70. The van der Waals surface area contributed by atoms with Crippen molar-refractivity contribution in [3.8, 4) is 0 Å². The van der Waals surface area contributed by atoms with Crippen molar-refractivity contribution in [3.05, 3.63) is 0 Å². The summed E-state index contributed by atoms with van der Waals surface area (Å²) in [7, 11) is 4.30. The van der Waals surface area contributed by atoms with Gasteiger partial charge in [-0.2, -0.15) is 0 Å². The van der Waals surface area contributed by atoms with Gasteiger partial charge >= 0.3 is 0 Å². The van der Waals surface area contributed by atoms with Gasteiger partial charge in [0.2, 0.25) is 0 Å². The van der Waals surface area contributed by atoms with Crippen molar-refractivity contribution in [2.24, 2.45) is 0 Å². The van der Waals surface area contributed by atoms with E-state index in [1.54, 1.807) is 0 Å². The predicted octanol–water partition coefficient (Wildman–Crippen LogP) is 0.569. The van der Waals surface area contributed by atoms with E-state index in [0.717, 1.165) is 32.1 Å². The fourth-order valence-electron chi connectivity index (χ4n) is 1.60. The van der Waals surface area contributed by atoms with Gasteiger partial charge in [0, 0.05) is 25.5 Å². The van der Waals surface area contributed by atoms with Crippen LogP contribution in [-0.2, 0) is 4.74 Å². The van der Waals surface area contributed by atoms with Crippen molar-refractivity contribution in [2.75, 3.05) is 52.5 Å². The van der Waals surface area contributed by atoms with Gasteiger partial charge < -0.3 is 9.64 Å². The molecule has 0 spiro atoms. The zero-order chi connectivity index (χ0) is 9.68. The minimum absolute atomic E-state index is 0.399. The quantitative estimate of drug-likeness (QED) is 0.622. The van der Waals surface area contributed by atoms with Gasteiger partial charge in [-0.05, 0) is 20.4 Å². The van der Waals surface area contributed by atoms with Crippen LogP contribution in [-0.4, -0.2) is 68.4 Å². The summed E-state index contributed by atoms with van der Waals surface area (Å²) < 4.78 is 5.67. The van der Waals surface area contributed by atoms with Crippen molar-refractivity contribution in [2.45, 2.75) is 6.10 Å². The normalized spacial score (nSPS) is 25.4. The summed E-state index contributed by atoms with van der Waals surface area (Å²) >= 11 is 1.86. The predicted molar refractivity (Wildman–Crippen MR) is 58.2 cm³/mol. The maximum absolute atomic E-state index is 5.67. The van der Waals surface area contributed by atoms with Crippen molar-refractivity contribution in [3.63, 3.8) is 0 Å². The Kier molecular flexibility index (Phi) is 5.09. The van der Waals surface area contributed by atoms with Crippen LogP contribution in [0.3, 0.4) is 0 Å². The van der Waals surface area contributed by atoms with Crippen LogP contribution in [0.4, 0.5) is 0 Å². The first-order valence-corrected chi connectivity index (χ1v) is 6.09. The Morgan fingerprint density at radius 1 is 1.62 bits per heavy atom. The summed E-state index contributed by atoms with van der Waals surface area (Å²) in [5, 5.41) is 0. The number of rotatable bonds is 4. The molecule has 1 heterocycles. The molecule has 0 aromatic heterocycles. The molecule has 13 heavy (non-hydrogen) atoms. The molecule has 1 unspecified atom stereocenters. The Bertz CT molecular complexity index is 146. The number of hydrogen-bond donors (Lipinski definition) is 0.